The minimum atomic E-state index is -0.506. The molecular weight excluding hydrogens is 256 g/mol. The van der Waals surface area contributed by atoms with Gasteiger partial charge in [0.05, 0.1) is 0 Å². The van der Waals surface area contributed by atoms with Crippen LogP contribution in [0.5, 0.6) is 0 Å². The Labute approximate surface area is 119 Å². The molecule has 0 aliphatic rings. The number of carbonyl (C=O) groups is 2. The second-order valence-electron chi connectivity index (χ2n) is 5.61. The van der Waals surface area contributed by atoms with Gasteiger partial charge in [0.25, 0.3) is 5.91 Å². The second kappa shape index (κ2) is 6.41. The molecule has 1 rings (SSSR count). The number of ether oxygens (including phenoxy) is 1. The molecule has 0 radical (unpaired) electrons. The SMILES string of the molecule is CNC(=O)c1ccc(CN(C)C(=O)OC(C)(C)C)cc1. The van der Waals surface area contributed by atoms with Crippen molar-refractivity contribution in [3.63, 3.8) is 0 Å². The molecule has 0 heterocycles. The Balaban J connectivity index is 2.64. The van der Waals surface area contributed by atoms with Gasteiger partial charge in [0.15, 0.2) is 0 Å². The molecule has 1 aromatic carbocycles. The third-order valence-electron chi connectivity index (χ3n) is 2.57. The van der Waals surface area contributed by atoms with Crippen LogP contribution in [0.15, 0.2) is 24.3 Å². The maximum atomic E-state index is 11.8. The molecule has 0 saturated carbocycles. The highest BCUT2D eigenvalue weighted by molar-refractivity contribution is 5.93. The van der Waals surface area contributed by atoms with Crippen LogP contribution in [0.1, 0.15) is 36.7 Å². The minimum Gasteiger partial charge on any atom is -0.444 e. The number of nitrogens with zero attached hydrogens (tertiary/aromatic N) is 1. The Morgan fingerprint density at radius 2 is 1.75 bits per heavy atom. The summed E-state index contributed by atoms with van der Waals surface area (Å²) in [7, 11) is 3.27. The normalized spacial score (nSPS) is 10.8. The fourth-order valence-electron chi connectivity index (χ4n) is 1.58. The third-order valence-corrected chi connectivity index (χ3v) is 2.57. The quantitative estimate of drug-likeness (QED) is 0.923. The van der Waals surface area contributed by atoms with Crippen molar-refractivity contribution in [1.82, 2.24) is 10.2 Å². The largest absolute Gasteiger partial charge is 0.444 e. The van der Waals surface area contributed by atoms with E-state index in [2.05, 4.69) is 5.32 Å². The predicted molar refractivity (Wildman–Crippen MR) is 77.5 cm³/mol. The molecule has 0 aliphatic heterocycles. The van der Waals surface area contributed by atoms with Crippen LogP contribution < -0.4 is 5.32 Å². The standard InChI is InChI=1S/C15H22N2O3/c1-15(2,3)20-14(19)17(5)10-11-6-8-12(9-7-11)13(18)16-4/h6-9H,10H2,1-5H3,(H,16,18). The number of nitrogens with one attached hydrogen (secondary N) is 1. The molecule has 5 heteroatoms. The summed E-state index contributed by atoms with van der Waals surface area (Å²) in [5, 5.41) is 2.56. The lowest BCUT2D eigenvalue weighted by molar-refractivity contribution is 0.0285. The van der Waals surface area contributed by atoms with Crippen LogP contribution in [0.4, 0.5) is 4.79 Å². The van der Waals surface area contributed by atoms with Crippen LogP contribution in [0.2, 0.25) is 0 Å². The van der Waals surface area contributed by atoms with Gasteiger partial charge in [0.1, 0.15) is 5.60 Å². The summed E-state index contributed by atoms with van der Waals surface area (Å²) in [5.74, 6) is -0.128. The topological polar surface area (TPSA) is 58.6 Å². The summed E-state index contributed by atoms with van der Waals surface area (Å²) in [4.78, 5) is 24.7. The van der Waals surface area contributed by atoms with E-state index in [4.69, 9.17) is 4.74 Å². The molecule has 0 aromatic heterocycles. The van der Waals surface area contributed by atoms with E-state index in [1.54, 1.807) is 26.2 Å². The lowest BCUT2D eigenvalue weighted by atomic mass is 10.1. The molecule has 0 saturated heterocycles. The number of carbonyl (C=O) groups excluding carboxylic acids is 2. The van der Waals surface area contributed by atoms with Crippen molar-refractivity contribution in [2.24, 2.45) is 0 Å². The van der Waals surface area contributed by atoms with E-state index in [0.29, 0.717) is 12.1 Å². The number of rotatable bonds is 3. The Bertz CT molecular complexity index is 475. The van der Waals surface area contributed by atoms with Crippen LogP contribution in [0.25, 0.3) is 0 Å². The summed E-state index contributed by atoms with van der Waals surface area (Å²) < 4.78 is 5.27. The first kappa shape index (κ1) is 16.0. The Morgan fingerprint density at radius 1 is 1.20 bits per heavy atom. The van der Waals surface area contributed by atoms with Gasteiger partial charge in [0.2, 0.25) is 0 Å². The summed E-state index contributed by atoms with van der Waals surface area (Å²) in [6.07, 6.45) is -0.368. The molecule has 0 bridgehead atoms. The van der Waals surface area contributed by atoms with E-state index in [1.807, 2.05) is 32.9 Å². The number of hydrogen-bond acceptors (Lipinski definition) is 3. The average Bonchev–Trinajstić information content (AvgIpc) is 2.36. The van der Waals surface area contributed by atoms with Gasteiger partial charge in [-0.05, 0) is 38.5 Å². The van der Waals surface area contributed by atoms with Crippen molar-refractivity contribution in [1.29, 1.82) is 0 Å². The maximum Gasteiger partial charge on any atom is 0.410 e. The van der Waals surface area contributed by atoms with Crippen LogP contribution in [-0.2, 0) is 11.3 Å². The van der Waals surface area contributed by atoms with Crippen molar-refractivity contribution >= 4 is 12.0 Å². The summed E-state index contributed by atoms with van der Waals surface area (Å²) in [6.45, 7) is 5.92. The fourth-order valence-corrected chi connectivity index (χ4v) is 1.58. The third kappa shape index (κ3) is 4.91. The lowest BCUT2D eigenvalue weighted by Gasteiger charge is -2.24. The van der Waals surface area contributed by atoms with Crippen LogP contribution >= 0.6 is 0 Å². The van der Waals surface area contributed by atoms with E-state index >= 15 is 0 Å². The molecule has 110 valence electrons. The van der Waals surface area contributed by atoms with Gasteiger partial charge in [-0.2, -0.15) is 0 Å². The lowest BCUT2D eigenvalue weighted by Crippen LogP contribution is -2.33. The van der Waals surface area contributed by atoms with Gasteiger partial charge in [-0.15, -0.1) is 0 Å². The van der Waals surface area contributed by atoms with Crippen molar-refractivity contribution < 1.29 is 14.3 Å². The van der Waals surface area contributed by atoms with E-state index in [1.165, 1.54) is 4.90 Å². The van der Waals surface area contributed by atoms with Crippen molar-refractivity contribution in [2.45, 2.75) is 32.9 Å². The zero-order chi connectivity index (χ0) is 15.3. The summed E-state index contributed by atoms with van der Waals surface area (Å²) in [6, 6.07) is 7.12. The molecule has 0 aliphatic carbocycles. The molecule has 1 N–H and O–H groups in total. The zero-order valence-electron chi connectivity index (χ0n) is 12.7. The minimum absolute atomic E-state index is 0.128. The van der Waals surface area contributed by atoms with Crippen LogP contribution in [0, 0.1) is 0 Å². The Hall–Kier alpha value is -2.04. The van der Waals surface area contributed by atoms with E-state index in [-0.39, 0.29) is 12.0 Å². The molecule has 0 atom stereocenters. The monoisotopic (exact) mass is 278 g/mol. The van der Waals surface area contributed by atoms with Crippen molar-refractivity contribution in [3.05, 3.63) is 35.4 Å². The van der Waals surface area contributed by atoms with Crippen LogP contribution in [-0.4, -0.2) is 36.6 Å². The van der Waals surface area contributed by atoms with Crippen molar-refractivity contribution in [2.75, 3.05) is 14.1 Å². The van der Waals surface area contributed by atoms with Gasteiger partial charge < -0.3 is 15.0 Å². The molecule has 0 fully saturated rings. The van der Waals surface area contributed by atoms with E-state index in [0.717, 1.165) is 5.56 Å². The first-order chi connectivity index (χ1) is 9.23. The highest BCUT2D eigenvalue weighted by Crippen LogP contribution is 2.12. The highest BCUT2D eigenvalue weighted by atomic mass is 16.6. The first-order valence-corrected chi connectivity index (χ1v) is 6.48. The smallest absolute Gasteiger partial charge is 0.410 e. The first-order valence-electron chi connectivity index (χ1n) is 6.48. The highest BCUT2D eigenvalue weighted by Gasteiger charge is 2.19. The number of amides is 2. The zero-order valence-corrected chi connectivity index (χ0v) is 12.7. The molecule has 20 heavy (non-hydrogen) atoms. The van der Waals surface area contributed by atoms with Gasteiger partial charge >= 0.3 is 6.09 Å². The van der Waals surface area contributed by atoms with Gasteiger partial charge in [-0.3, -0.25) is 4.79 Å². The predicted octanol–water partition coefficient (Wildman–Crippen LogP) is 2.41. The van der Waals surface area contributed by atoms with Gasteiger partial charge in [0, 0.05) is 26.2 Å². The summed E-state index contributed by atoms with van der Waals surface area (Å²) >= 11 is 0. The van der Waals surface area contributed by atoms with Gasteiger partial charge in [-0.25, -0.2) is 4.79 Å². The van der Waals surface area contributed by atoms with E-state index < -0.39 is 5.60 Å². The number of hydrogen-bond donors (Lipinski definition) is 1. The Morgan fingerprint density at radius 3 is 2.20 bits per heavy atom. The van der Waals surface area contributed by atoms with Gasteiger partial charge in [-0.1, -0.05) is 12.1 Å². The molecule has 5 nitrogen and oxygen atoms in total. The van der Waals surface area contributed by atoms with Crippen LogP contribution in [0.3, 0.4) is 0 Å². The average molecular weight is 278 g/mol. The van der Waals surface area contributed by atoms with Crippen molar-refractivity contribution in [3.8, 4) is 0 Å². The van der Waals surface area contributed by atoms with E-state index in [9.17, 15) is 9.59 Å². The molecule has 2 amide bonds. The summed E-state index contributed by atoms with van der Waals surface area (Å²) in [5.41, 5.74) is 1.02. The molecule has 0 spiro atoms. The second-order valence-corrected chi connectivity index (χ2v) is 5.61. The molecular formula is C15H22N2O3. The number of benzene rings is 1. The Kier molecular flexibility index (Phi) is 5.13. The fraction of sp³-hybridized carbons (Fsp3) is 0.467. The molecule has 0 unspecified atom stereocenters. The maximum absolute atomic E-state index is 11.8. The molecule has 1 aromatic rings.